The summed E-state index contributed by atoms with van der Waals surface area (Å²) < 4.78 is 0. The highest BCUT2D eigenvalue weighted by Crippen LogP contribution is 2.13. The van der Waals surface area contributed by atoms with E-state index in [1.54, 1.807) is 26.0 Å². The van der Waals surface area contributed by atoms with Gasteiger partial charge in [0.25, 0.3) is 0 Å². The van der Waals surface area contributed by atoms with Gasteiger partial charge in [0.15, 0.2) is 0 Å². The average molecular weight is 578 g/mol. The Morgan fingerprint density at radius 3 is 1.85 bits per heavy atom. The molecule has 0 heterocycles. The third-order valence-electron chi connectivity index (χ3n) is 6.64. The van der Waals surface area contributed by atoms with E-state index >= 15 is 0 Å². The molecule has 11 heteroatoms. The van der Waals surface area contributed by atoms with Crippen LogP contribution in [0.3, 0.4) is 0 Å². The number of hydrogen-bond acceptors (Lipinski definition) is 6. The Morgan fingerprint density at radius 2 is 1.29 bits per heavy atom. The summed E-state index contributed by atoms with van der Waals surface area (Å²) in [5, 5.41) is 35.9. The van der Waals surface area contributed by atoms with Crippen LogP contribution >= 0.6 is 0 Å². The first-order chi connectivity index (χ1) is 19.4. The molecule has 0 radical (unpaired) electrons. The molecule has 0 aliphatic rings. The molecule has 230 valence electrons. The Morgan fingerprint density at radius 1 is 0.732 bits per heavy atom. The van der Waals surface area contributed by atoms with E-state index in [1.807, 2.05) is 0 Å². The van der Waals surface area contributed by atoms with Gasteiger partial charge in [-0.15, -0.1) is 0 Å². The number of phenolic OH excluding ortho intramolecular Hbond substituents is 1. The number of aliphatic carboxylic acids is 2. The van der Waals surface area contributed by atoms with Crippen LogP contribution in [-0.2, 0) is 30.4 Å². The van der Waals surface area contributed by atoms with Gasteiger partial charge in [0.1, 0.15) is 23.9 Å². The van der Waals surface area contributed by atoms with Gasteiger partial charge in [0.2, 0.25) is 17.7 Å². The normalized spacial score (nSPS) is 13.2. The molecule has 0 bridgehead atoms. The highest BCUT2D eigenvalue weighted by Gasteiger charge is 2.30. The van der Waals surface area contributed by atoms with E-state index in [1.165, 1.54) is 25.0 Å². The first-order valence-electron chi connectivity index (χ1n) is 14.6. The fraction of sp³-hybridized carbons (Fsp3) is 0.633. The predicted octanol–water partition coefficient (Wildman–Crippen LogP) is 3.53. The van der Waals surface area contributed by atoms with Crippen molar-refractivity contribution in [1.29, 1.82) is 0 Å². The second-order valence-corrected chi connectivity index (χ2v) is 10.9. The van der Waals surface area contributed by atoms with Crippen molar-refractivity contribution in [1.82, 2.24) is 16.0 Å². The van der Waals surface area contributed by atoms with E-state index in [-0.39, 0.29) is 43.3 Å². The minimum atomic E-state index is -1.32. The van der Waals surface area contributed by atoms with E-state index in [4.69, 9.17) is 5.11 Å². The maximum atomic E-state index is 13.4. The van der Waals surface area contributed by atoms with Crippen LogP contribution in [0.1, 0.15) is 97.0 Å². The number of aromatic hydroxyl groups is 1. The SMILES string of the molecule is CCCCCCCCCC(=O)N[C@@H](Cc1ccc(O)cc1)C(=O)N[C@@H](CCC(=O)O)C(=O)N[C@@H](CC(C)C)C(=O)O. The Balaban J connectivity index is 2.98. The highest BCUT2D eigenvalue weighted by molar-refractivity contribution is 5.93. The maximum Gasteiger partial charge on any atom is 0.326 e. The number of carbonyl (C=O) groups is 5. The fourth-order valence-electron chi connectivity index (χ4n) is 4.36. The van der Waals surface area contributed by atoms with Gasteiger partial charge < -0.3 is 31.3 Å². The Bertz CT molecular complexity index is 980. The van der Waals surface area contributed by atoms with Crippen LogP contribution in [0, 0.1) is 5.92 Å². The van der Waals surface area contributed by atoms with Crippen LogP contribution in [0.25, 0.3) is 0 Å². The monoisotopic (exact) mass is 577 g/mol. The second-order valence-electron chi connectivity index (χ2n) is 10.9. The molecular weight excluding hydrogens is 530 g/mol. The molecule has 41 heavy (non-hydrogen) atoms. The molecule has 0 aliphatic carbocycles. The smallest absolute Gasteiger partial charge is 0.326 e. The van der Waals surface area contributed by atoms with Crippen molar-refractivity contribution in [2.45, 2.75) is 116 Å². The molecule has 0 aliphatic heterocycles. The van der Waals surface area contributed by atoms with Crippen molar-refractivity contribution < 1.29 is 39.3 Å². The molecule has 0 unspecified atom stereocenters. The largest absolute Gasteiger partial charge is 0.508 e. The molecule has 11 nitrogen and oxygen atoms in total. The minimum Gasteiger partial charge on any atom is -0.508 e. The number of rotatable bonds is 21. The lowest BCUT2D eigenvalue weighted by molar-refractivity contribution is -0.143. The van der Waals surface area contributed by atoms with Crippen LogP contribution in [0.5, 0.6) is 5.75 Å². The van der Waals surface area contributed by atoms with Crippen molar-refractivity contribution in [2.24, 2.45) is 5.92 Å². The van der Waals surface area contributed by atoms with Crippen molar-refractivity contribution in [3.8, 4) is 5.75 Å². The van der Waals surface area contributed by atoms with Crippen molar-refractivity contribution in [3.63, 3.8) is 0 Å². The van der Waals surface area contributed by atoms with E-state index in [9.17, 15) is 34.2 Å². The minimum absolute atomic E-state index is 0.0373. The number of phenols is 1. The van der Waals surface area contributed by atoms with E-state index in [2.05, 4.69) is 22.9 Å². The van der Waals surface area contributed by atoms with Crippen molar-refractivity contribution in [2.75, 3.05) is 0 Å². The molecule has 1 rings (SSSR count). The van der Waals surface area contributed by atoms with Crippen molar-refractivity contribution in [3.05, 3.63) is 29.8 Å². The topological polar surface area (TPSA) is 182 Å². The van der Waals surface area contributed by atoms with Gasteiger partial charge in [0, 0.05) is 19.3 Å². The third kappa shape index (κ3) is 15.7. The van der Waals surface area contributed by atoms with Crippen molar-refractivity contribution >= 4 is 29.7 Å². The van der Waals surface area contributed by atoms with Crippen LogP contribution in [0.15, 0.2) is 24.3 Å². The summed E-state index contributed by atoms with van der Waals surface area (Å²) in [4.78, 5) is 62.0. The first-order valence-corrected chi connectivity index (χ1v) is 14.6. The molecule has 0 spiro atoms. The van der Waals surface area contributed by atoms with Gasteiger partial charge >= 0.3 is 11.9 Å². The van der Waals surface area contributed by atoms with Crippen LogP contribution < -0.4 is 16.0 Å². The predicted molar refractivity (Wildman–Crippen MR) is 154 cm³/mol. The zero-order valence-electron chi connectivity index (χ0n) is 24.5. The second kappa shape index (κ2) is 19.4. The van der Waals surface area contributed by atoms with E-state index in [0.29, 0.717) is 12.0 Å². The number of hydrogen-bond donors (Lipinski definition) is 6. The molecular formula is C30H47N3O8. The maximum absolute atomic E-state index is 13.4. The Labute approximate surface area is 242 Å². The zero-order chi connectivity index (χ0) is 30.8. The summed E-state index contributed by atoms with van der Waals surface area (Å²) in [6.07, 6.45) is 6.95. The summed E-state index contributed by atoms with van der Waals surface area (Å²) >= 11 is 0. The first kappa shape index (κ1) is 35.4. The number of carbonyl (C=O) groups excluding carboxylic acids is 3. The lowest BCUT2D eigenvalue weighted by Crippen LogP contribution is -2.56. The third-order valence-corrected chi connectivity index (χ3v) is 6.64. The molecule has 0 saturated heterocycles. The molecule has 6 N–H and O–H groups in total. The van der Waals surface area contributed by atoms with Crippen LogP contribution in [-0.4, -0.2) is 63.1 Å². The number of carboxylic acid groups (broad SMARTS) is 2. The molecule has 3 amide bonds. The van der Waals surface area contributed by atoms with Crippen LogP contribution in [0.2, 0.25) is 0 Å². The number of unbranched alkanes of at least 4 members (excludes halogenated alkanes) is 6. The van der Waals surface area contributed by atoms with Gasteiger partial charge in [-0.1, -0.05) is 71.4 Å². The number of nitrogens with one attached hydrogen (secondary N) is 3. The summed E-state index contributed by atoms with van der Waals surface area (Å²) in [6.45, 7) is 5.75. The van der Waals surface area contributed by atoms with Crippen LogP contribution in [0.4, 0.5) is 0 Å². The number of amides is 3. The van der Waals surface area contributed by atoms with Gasteiger partial charge in [-0.05, 0) is 42.9 Å². The summed E-state index contributed by atoms with van der Waals surface area (Å²) in [7, 11) is 0. The molecule has 0 aromatic heterocycles. The highest BCUT2D eigenvalue weighted by atomic mass is 16.4. The Kier molecular flexibility index (Phi) is 16.8. The molecule has 1 aromatic rings. The Hall–Kier alpha value is -3.63. The molecule has 1 aromatic carbocycles. The lowest BCUT2D eigenvalue weighted by Gasteiger charge is -2.25. The average Bonchev–Trinajstić information content (AvgIpc) is 2.90. The lowest BCUT2D eigenvalue weighted by atomic mass is 10.0. The van der Waals surface area contributed by atoms with Gasteiger partial charge in [0.05, 0.1) is 0 Å². The fourth-order valence-corrected chi connectivity index (χ4v) is 4.36. The van der Waals surface area contributed by atoms with Gasteiger partial charge in [-0.2, -0.15) is 0 Å². The molecule has 0 fully saturated rings. The summed E-state index contributed by atoms with van der Waals surface area (Å²) in [6, 6.07) is 2.51. The molecule has 0 saturated carbocycles. The van der Waals surface area contributed by atoms with Gasteiger partial charge in [-0.25, -0.2) is 4.79 Å². The van der Waals surface area contributed by atoms with E-state index < -0.39 is 48.3 Å². The van der Waals surface area contributed by atoms with E-state index in [0.717, 1.165) is 25.7 Å². The quantitative estimate of drug-likeness (QED) is 0.120. The summed E-state index contributed by atoms with van der Waals surface area (Å²) in [5.41, 5.74) is 0.647. The number of carboxylic acids is 2. The number of benzene rings is 1. The standard InChI is InChI=1S/C30H47N3O8/c1-4-5-6-7-8-9-10-11-26(35)31-24(19-21-12-14-22(34)15-13-21)29(39)32-23(16-17-27(36)37)28(38)33-25(30(40)41)18-20(2)3/h12-15,20,23-25,34H,4-11,16-19H2,1-3H3,(H,31,35)(H,32,39)(H,33,38)(H,36,37)(H,40,41)/t23-,24-,25-/m0/s1. The summed E-state index contributed by atoms with van der Waals surface area (Å²) in [5.74, 6) is -4.26. The van der Waals surface area contributed by atoms with Gasteiger partial charge in [-0.3, -0.25) is 19.2 Å². The molecule has 3 atom stereocenters. The zero-order valence-corrected chi connectivity index (χ0v) is 24.5.